The van der Waals surface area contributed by atoms with Gasteiger partial charge in [-0.3, -0.25) is 19.0 Å². The first-order chi connectivity index (χ1) is 10.5. The first kappa shape index (κ1) is 14.3. The van der Waals surface area contributed by atoms with E-state index in [4.69, 9.17) is 11.6 Å². The van der Waals surface area contributed by atoms with Gasteiger partial charge in [-0.25, -0.2) is 0 Å². The molecule has 0 atom stereocenters. The molecule has 1 amide bonds. The lowest BCUT2D eigenvalue weighted by atomic mass is 10.2. The van der Waals surface area contributed by atoms with Crippen molar-refractivity contribution in [3.8, 4) is 0 Å². The number of nitrogens with zero attached hydrogens (tertiary/aromatic N) is 4. The van der Waals surface area contributed by atoms with Crippen LogP contribution in [-0.4, -0.2) is 25.5 Å². The van der Waals surface area contributed by atoms with E-state index in [2.05, 4.69) is 15.5 Å². The van der Waals surface area contributed by atoms with Gasteiger partial charge in [-0.15, -0.1) is 0 Å². The zero-order valence-electron chi connectivity index (χ0n) is 11.9. The number of aromatic nitrogens is 4. The molecule has 7 nitrogen and oxygen atoms in total. The van der Waals surface area contributed by atoms with Crippen molar-refractivity contribution < 1.29 is 4.79 Å². The van der Waals surface area contributed by atoms with E-state index in [0.29, 0.717) is 21.7 Å². The Labute approximate surface area is 130 Å². The van der Waals surface area contributed by atoms with Crippen molar-refractivity contribution in [2.75, 3.05) is 5.32 Å². The average Bonchev–Trinajstić information content (AvgIpc) is 2.87. The van der Waals surface area contributed by atoms with Crippen LogP contribution in [0.5, 0.6) is 0 Å². The van der Waals surface area contributed by atoms with Gasteiger partial charge in [0.2, 0.25) is 5.43 Å². The van der Waals surface area contributed by atoms with Crippen LogP contribution < -0.4 is 10.7 Å². The van der Waals surface area contributed by atoms with Crippen LogP contribution in [0.1, 0.15) is 10.5 Å². The van der Waals surface area contributed by atoms with Gasteiger partial charge in [0, 0.05) is 31.4 Å². The molecule has 0 spiro atoms. The lowest BCUT2D eigenvalue weighted by molar-refractivity contribution is 0.101. The number of benzene rings is 1. The number of halogens is 1. The van der Waals surface area contributed by atoms with Crippen molar-refractivity contribution in [1.82, 2.24) is 19.6 Å². The Morgan fingerprint density at radius 3 is 2.68 bits per heavy atom. The van der Waals surface area contributed by atoms with Gasteiger partial charge < -0.3 is 5.32 Å². The molecule has 22 heavy (non-hydrogen) atoms. The second kappa shape index (κ2) is 5.27. The third kappa shape index (κ3) is 2.46. The summed E-state index contributed by atoms with van der Waals surface area (Å²) in [4.78, 5) is 24.7. The summed E-state index contributed by atoms with van der Waals surface area (Å²) in [5.74, 6) is -0.260. The first-order valence-corrected chi connectivity index (χ1v) is 6.81. The fourth-order valence-electron chi connectivity index (χ4n) is 2.15. The Morgan fingerprint density at radius 1 is 1.23 bits per heavy atom. The molecule has 0 saturated carbocycles. The Balaban J connectivity index is 2.09. The SMILES string of the molecule is Cn1ccc(NC(=O)c2nn(C)c3ccc(Cl)cc3c2=O)n1. The predicted molar refractivity (Wildman–Crippen MR) is 83.2 cm³/mol. The number of fused-ring (bicyclic) bond motifs is 1. The van der Waals surface area contributed by atoms with E-state index in [1.165, 1.54) is 10.7 Å². The van der Waals surface area contributed by atoms with Crippen LogP contribution in [0.25, 0.3) is 10.9 Å². The molecule has 112 valence electrons. The summed E-state index contributed by atoms with van der Waals surface area (Å²) in [5.41, 5.74) is -0.0734. The van der Waals surface area contributed by atoms with E-state index in [9.17, 15) is 9.59 Å². The molecule has 0 bridgehead atoms. The van der Waals surface area contributed by atoms with Crippen LogP contribution in [0.4, 0.5) is 5.82 Å². The molecule has 3 aromatic rings. The second-order valence-corrected chi connectivity index (χ2v) is 5.23. The minimum atomic E-state index is -0.610. The Bertz CT molecular complexity index is 944. The lowest BCUT2D eigenvalue weighted by Gasteiger charge is -2.07. The van der Waals surface area contributed by atoms with Gasteiger partial charge in [0.05, 0.1) is 10.9 Å². The molecule has 0 unspecified atom stereocenters. The van der Waals surface area contributed by atoms with Crippen molar-refractivity contribution in [3.63, 3.8) is 0 Å². The summed E-state index contributed by atoms with van der Waals surface area (Å²) in [6.07, 6.45) is 1.68. The Morgan fingerprint density at radius 2 is 2.00 bits per heavy atom. The fraction of sp³-hybridized carbons (Fsp3) is 0.143. The van der Waals surface area contributed by atoms with E-state index < -0.39 is 11.3 Å². The molecule has 0 radical (unpaired) electrons. The van der Waals surface area contributed by atoms with E-state index in [1.807, 2.05) is 0 Å². The number of hydrogen-bond donors (Lipinski definition) is 1. The molecule has 0 fully saturated rings. The molecular weight excluding hydrogens is 306 g/mol. The van der Waals surface area contributed by atoms with Gasteiger partial charge in [-0.05, 0) is 18.2 Å². The number of nitrogens with one attached hydrogen (secondary N) is 1. The van der Waals surface area contributed by atoms with E-state index in [-0.39, 0.29) is 5.69 Å². The van der Waals surface area contributed by atoms with Gasteiger partial charge in [-0.2, -0.15) is 10.2 Å². The van der Waals surface area contributed by atoms with Gasteiger partial charge >= 0.3 is 0 Å². The minimum Gasteiger partial charge on any atom is -0.304 e. The highest BCUT2D eigenvalue weighted by atomic mass is 35.5. The van der Waals surface area contributed by atoms with E-state index in [0.717, 1.165) is 0 Å². The summed E-state index contributed by atoms with van der Waals surface area (Å²) < 4.78 is 3.02. The highest BCUT2D eigenvalue weighted by Crippen LogP contribution is 2.16. The quantitative estimate of drug-likeness (QED) is 0.778. The summed E-state index contributed by atoms with van der Waals surface area (Å²) >= 11 is 5.93. The van der Waals surface area contributed by atoms with Gasteiger partial charge in [0.25, 0.3) is 5.91 Å². The standard InChI is InChI=1S/C14H12ClN5O2/c1-19-6-5-11(17-19)16-14(22)12-13(21)9-7-8(15)3-4-10(9)20(2)18-12/h3-7H,1-2H3,(H,16,17,22). The Kier molecular flexibility index (Phi) is 3.42. The van der Waals surface area contributed by atoms with Crippen LogP contribution in [-0.2, 0) is 14.1 Å². The predicted octanol–water partition coefficient (Wildman–Crippen LogP) is 1.57. The molecule has 1 N–H and O–H groups in total. The molecule has 8 heteroatoms. The van der Waals surface area contributed by atoms with Crippen molar-refractivity contribution in [3.05, 3.63) is 51.4 Å². The average molecular weight is 318 g/mol. The van der Waals surface area contributed by atoms with Crippen molar-refractivity contribution in [2.24, 2.45) is 14.1 Å². The molecule has 0 aliphatic heterocycles. The zero-order chi connectivity index (χ0) is 15.9. The van der Waals surface area contributed by atoms with Gasteiger partial charge in [-0.1, -0.05) is 11.6 Å². The maximum Gasteiger partial charge on any atom is 0.281 e. The van der Waals surface area contributed by atoms with E-state index in [1.54, 1.807) is 43.2 Å². The molecule has 0 aliphatic carbocycles. The molecule has 1 aromatic carbocycles. The maximum atomic E-state index is 12.4. The minimum absolute atomic E-state index is 0.206. The largest absolute Gasteiger partial charge is 0.304 e. The summed E-state index contributed by atoms with van der Waals surface area (Å²) in [7, 11) is 3.39. The lowest BCUT2D eigenvalue weighted by Crippen LogP contribution is -2.26. The number of amides is 1. The number of aryl methyl sites for hydroxylation is 2. The number of carbonyl (C=O) groups excluding carboxylic acids is 1. The van der Waals surface area contributed by atoms with Crippen LogP contribution in [0.15, 0.2) is 35.3 Å². The first-order valence-electron chi connectivity index (χ1n) is 6.43. The highest BCUT2D eigenvalue weighted by molar-refractivity contribution is 6.31. The monoisotopic (exact) mass is 317 g/mol. The number of rotatable bonds is 2. The summed E-state index contributed by atoms with van der Waals surface area (Å²) in [5, 5.41) is 11.4. The number of carbonyl (C=O) groups is 1. The normalized spacial score (nSPS) is 10.9. The van der Waals surface area contributed by atoms with Crippen LogP contribution >= 0.6 is 11.6 Å². The topological polar surface area (TPSA) is 81.8 Å². The molecule has 3 rings (SSSR count). The van der Waals surface area contributed by atoms with Crippen LogP contribution in [0.2, 0.25) is 5.02 Å². The summed E-state index contributed by atoms with van der Waals surface area (Å²) in [6.45, 7) is 0. The second-order valence-electron chi connectivity index (χ2n) is 4.79. The van der Waals surface area contributed by atoms with Gasteiger partial charge in [0.1, 0.15) is 0 Å². The third-order valence-electron chi connectivity index (χ3n) is 3.19. The highest BCUT2D eigenvalue weighted by Gasteiger charge is 2.17. The zero-order valence-corrected chi connectivity index (χ0v) is 12.6. The van der Waals surface area contributed by atoms with Gasteiger partial charge in [0.15, 0.2) is 11.5 Å². The third-order valence-corrected chi connectivity index (χ3v) is 3.42. The van der Waals surface area contributed by atoms with Crippen molar-refractivity contribution >= 4 is 34.2 Å². The molecule has 0 aliphatic rings. The number of hydrogen-bond acceptors (Lipinski definition) is 4. The summed E-state index contributed by atoms with van der Waals surface area (Å²) in [6, 6.07) is 6.50. The Hall–Kier alpha value is -2.67. The van der Waals surface area contributed by atoms with Crippen molar-refractivity contribution in [1.29, 1.82) is 0 Å². The maximum absolute atomic E-state index is 12.4. The molecule has 2 aromatic heterocycles. The van der Waals surface area contributed by atoms with Crippen molar-refractivity contribution in [2.45, 2.75) is 0 Å². The smallest absolute Gasteiger partial charge is 0.281 e. The van der Waals surface area contributed by atoms with E-state index >= 15 is 0 Å². The molecular formula is C14H12ClN5O2. The number of anilines is 1. The molecule has 2 heterocycles. The van der Waals surface area contributed by atoms with Crippen LogP contribution in [0, 0.1) is 0 Å². The van der Waals surface area contributed by atoms with Crippen LogP contribution in [0.3, 0.4) is 0 Å². The molecule has 0 saturated heterocycles. The fourth-order valence-corrected chi connectivity index (χ4v) is 2.33.